The van der Waals surface area contributed by atoms with Crippen LogP contribution in [0.15, 0.2) is 41.3 Å². The highest BCUT2D eigenvalue weighted by molar-refractivity contribution is 8.01. The van der Waals surface area contributed by atoms with Crippen LogP contribution in [-0.4, -0.2) is 29.1 Å². The summed E-state index contributed by atoms with van der Waals surface area (Å²) in [7, 11) is 0. The highest BCUT2D eigenvalue weighted by atomic mass is 32.2. The number of thioether (sulfide) groups is 1. The third kappa shape index (κ3) is 4.98. The Balaban J connectivity index is 1.58. The fraction of sp³-hybridized carbons (Fsp3) is 0.318. The summed E-state index contributed by atoms with van der Waals surface area (Å²) in [6.45, 7) is 7.36. The van der Waals surface area contributed by atoms with Gasteiger partial charge in [-0.1, -0.05) is 29.8 Å². The van der Waals surface area contributed by atoms with Gasteiger partial charge in [0.05, 0.1) is 17.4 Å². The number of benzene rings is 2. The molecule has 0 fully saturated rings. The van der Waals surface area contributed by atoms with Crippen molar-refractivity contribution in [3.8, 4) is 0 Å². The van der Waals surface area contributed by atoms with E-state index in [1.54, 1.807) is 0 Å². The Bertz CT molecular complexity index is 950. The van der Waals surface area contributed by atoms with Crippen molar-refractivity contribution in [1.82, 2.24) is 0 Å². The maximum Gasteiger partial charge on any atom is 0.308 e. The SMILES string of the molecule is Cc1cc(C)c(NC(=O)[C@@H](C)OC(=O)C[C@@H]2Sc3ccccc3NC2=O)c(C)c1. The van der Waals surface area contributed by atoms with E-state index in [2.05, 4.69) is 10.6 Å². The van der Waals surface area contributed by atoms with E-state index in [4.69, 9.17) is 4.74 Å². The predicted octanol–water partition coefficient (Wildman–Crippen LogP) is 3.99. The van der Waals surface area contributed by atoms with Gasteiger partial charge in [0.15, 0.2) is 6.10 Å². The molecule has 6 nitrogen and oxygen atoms in total. The third-order valence-electron chi connectivity index (χ3n) is 4.66. The van der Waals surface area contributed by atoms with Crippen LogP contribution in [0.25, 0.3) is 0 Å². The summed E-state index contributed by atoms with van der Waals surface area (Å²) in [5, 5.41) is 5.04. The van der Waals surface area contributed by atoms with E-state index in [0.29, 0.717) is 0 Å². The van der Waals surface area contributed by atoms with E-state index in [1.165, 1.54) is 18.7 Å². The Hall–Kier alpha value is -2.80. The molecule has 0 bridgehead atoms. The van der Waals surface area contributed by atoms with Gasteiger partial charge in [0.25, 0.3) is 5.91 Å². The first kappa shape index (κ1) is 20.9. The second kappa shape index (κ2) is 8.69. The normalized spacial score (nSPS) is 16.4. The van der Waals surface area contributed by atoms with Gasteiger partial charge in [0.2, 0.25) is 5.91 Å². The molecule has 2 amide bonds. The molecule has 2 aromatic rings. The largest absolute Gasteiger partial charge is 0.452 e. The van der Waals surface area contributed by atoms with E-state index >= 15 is 0 Å². The predicted molar refractivity (Wildman–Crippen MR) is 114 cm³/mol. The molecule has 2 N–H and O–H groups in total. The minimum Gasteiger partial charge on any atom is -0.452 e. The molecular weight excluding hydrogens is 388 g/mol. The summed E-state index contributed by atoms with van der Waals surface area (Å²) in [5.74, 6) is -1.23. The van der Waals surface area contributed by atoms with E-state index in [-0.39, 0.29) is 12.3 Å². The highest BCUT2D eigenvalue weighted by Gasteiger charge is 2.30. The van der Waals surface area contributed by atoms with Gasteiger partial charge in [0, 0.05) is 10.6 Å². The highest BCUT2D eigenvalue weighted by Crippen LogP contribution is 2.36. The molecule has 1 aliphatic rings. The first-order valence-corrected chi connectivity index (χ1v) is 10.3. The Morgan fingerprint density at radius 2 is 1.83 bits per heavy atom. The molecule has 0 radical (unpaired) electrons. The monoisotopic (exact) mass is 412 g/mol. The van der Waals surface area contributed by atoms with Gasteiger partial charge in [-0.25, -0.2) is 0 Å². The lowest BCUT2D eigenvalue weighted by molar-refractivity contribution is -0.153. The number of anilines is 2. The number of ether oxygens (including phenoxy) is 1. The van der Waals surface area contributed by atoms with E-state index in [0.717, 1.165) is 33.0 Å². The zero-order chi connectivity index (χ0) is 21.1. The van der Waals surface area contributed by atoms with Crippen LogP contribution >= 0.6 is 11.8 Å². The average Bonchev–Trinajstić information content (AvgIpc) is 2.64. The number of hydrogen-bond donors (Lipinski definition) is 2. The van der Waals surface area contributed by atoms with E-state index in [9.17, 15) is 14.4 Å². The minimum absolute atomic E-state index is 0.106. The summed E-state index contributed by atoms with van der Waals surface area (Å²) in [6.07, 6.45) is -1.07. The smallest absolute Gasteiger partial charge is 0.308 e. The first-order chi connectivity index (χ1) is 13.7. The standard InChI is InChI=1S/C22H24N2O4S/c1-12-9-13(2)20(14(3)10-12)24-21(26)15(4)28-19(25)11-18-22(27)23-16-7-5-6-8-17(16)29-18/h5-10,15,18H,11H2,1-4H3,(H,23,27)(H,24,26)/t15-,18+/m1/s1. The van der Waals surface area contributed by atoms with Crippen molar-refractivity contribution in [2.75, 3.05) is 10.6 Å². The summed E-state index contributed by atoms with van der Waals surface area (Å²) in [5.41, 5.74) is 4.47. The number of para-hydroxylation sites is 1. The molecule has 0 aromatic heterocycles. The van der Waals surface area contributed by atoms with Crippen LogP contribution in [0.2, 0.25) is 0 Å². The third-order valence-corrected chi connectivity index (χ3v) is 5.94. The van der Waals surface area contributed by atoms with Crippen molar-refractivity contribution in [1.29, 1.82) is 0 Å². The number of amides is 2. The van der Waals surface area contributed by atoms with Gasteiger partial charge in [-0.2, -0.15) is 0 Å². The quantitative estimate of drug-likeness (QED) is 0.726. The van der Waals surface area contributed by atoms with Crippen LogP contribution in [0, 0.1) is 20.8 Å². The molecule has 7 heteroatoms. The molecule has 152 valence electrons. The second-order valence-corrected chi connectivity index (χ2v) is 8.44. The summed E-state index contributed by atoms with van der Waals surface area (Å²) >= 11 is 1.32. The van der Waals surface area contributed by atoms with Crippen molar-refractivity contribution in [3.05, 3.63) is 53.1 Å². The van der Waals surface area contributed by atoms with Gasteiger partial charge in [-0.15, -0.1) is 11.8 Å². The summed E-state index contributed by atoms with van der Waals surface area (Å²) < 4.78 is 5.28. The molecule has 3 rings (SSSR count). The summed E-state index contributed by atoms with van der Waals surface area (Å²) in [4.78, 5) is 37.9. The van der Waals surface area contributed by atoms with Crippen molar-refractivity contribution >= 4 is 40.9 Å². The maximum absolute atomic E-state index is 12.5. The molecule has 2 aromatic carbocycles. The Morgan fingerprint density at radius 1 is 1.17 bits per heavy atom. The lowest BCUT2D eigenvalue weighted by atomic mass is 10.0. The molecule has 0 saturated heterocycles. The number of fused-ring (bicyclic) bond motifs is 1. The molecule has 0 spiro atoms. The number of aryl methyl sites for hydroxylation is 3. The van der Waals surface area contributed by atoms with Crippen molar-refractivity contribution in [3.63, 3.8) is 0 Å². The maximum atomic E-state index is 12.5. The number of hydrogen-bond acceptors (Lipinski definition) is 5. The number of carbonyl (C=O) groups is 3. The lowest BCUT2D eigenvalue weighted by Gasteiger charge is -2.24. The molecule has 0 aliphatic carbocycles. The average molecular weight is 413 g/mol. The zero-order valence-electron chi connectivity index (χ0n) is 16.9. The number of rotatable bonds is 5. The molecule has 0 unspecified atom stereocenters. The van der Waals surface area contributed by atoms with Gasteiger partial charge in [-0.05, 0) is 51.0 Å². The van der Waals surface area contributed by atoms with Crippen molar-refractivity contribution in [2.45, 2.75) is 50.4 Å². The van der Waals surface area contributed by atoms with Crippen LogP contribution in [0.3, 0.4) is 0 Å². The van der Waals surface area contributed by atoms with Gasteiger partial charge < -0.3 is 15.4 Å². The van der Waals surface area contributed by atoms with Crippen LogP contribution in [-0.2, 0) is 19.1 Å². The van der Waals surface area contributed by atoms with Gasteiger partial charge in [-0.3, -0.25) is 14.4 Å². The molecule has 1 heterocycles. The van der Waals surface area contributed by atoms with Crippen LogP contribution in [0.4, 0.5) is 11.4 Å². The van der Waals surface area contributed by atoms with Crippen LogP contribution in [0.1, 0.15) is 30.0 Å². The minimum atomic E-state index is -0.966. The van der Waals surface area contributed by atoms with Crippen LogP contribution in [0.5, 0.6) is 0 Å². The molecule has 0 saturated carbocycles. The molecule has 29 heavy (non-hydrogen) atoms. The molecule has 1 aliphatic heterocycles. The fourth-order valence-corrected chi connectivity index (χ4v) is 4.37. The van der Waals surface area contributed by atoms with Gasteiger partial charge in [0.1, 0.15) is 0 Å². The van der Waals surface area contributed by atoms with Crippen LogP contribution < -0.4 is 10.6 Å². The fourth-order valence-electron chi connectivity index (χ4n) is 3.28. The van der Waals surface area contributed by atoms with E-state index in [1.807, 2.05) is 57.2 Å². The van der Waals surface area contributed by atoms with Gasteiger partial charge >= 0.3 is 5.97 Å². The number of carbonyl (C=O) groups excluding carboxylic acids is 3. The molecule has 2 atom stereocenters. The zero-order valence-corrected chi connectivity index (χ0v) is 17.7. The number of esters is 1. The molecular formula is C22H24N2O4S. The number of nitrogens with one attached hydrogen (secondary N) is 2. The summed E-state index contributed by atoms with van der Waals surface area (Å²) in [6, 6.07) is 11.4. The van der Waals surface area contributed by atoms with Crippen molar-refractivity contribution < 1.29 is 19.1 Å². The lowest BCUT2D eigenvalue weighted by Crippen LogP contribution is -2.34. The Labute approximate surface area is 174 Å². The Morgan fingerprint density at radius 3 is 2.52 bits per heavy atom. The van der Waals surface area contributed by atoms with E-state index < -0.39 is 23.2 Å². The topological polar surface area (TPSA) is 84.5 Å². The first-order valence-electron chi connectivity index (χ1n) is 9.39. The Kier molecular flexibility index (Phi) is 6.27. The second-order valence-electron chi connectivity index (χ2n) is 7.19. The van der Waals surface area contributed by atoms with Crippen molar-refractivity contribution in [2.24, 2.45) is 0 Å².